The Kier molecular flexibility index (Phi) is 7.63. The van der Waals surface area contributed by atoms with Gasteiger partial charge in [0.2, 0.25) is 17.1 Å². The first kappa shape index (κ1) is 22.3. The van der Waals surface area contributed by atoms with Gasteiger partial charge in [0.25, 0.3) is 0 Å². The maximum Gasteiger partial charge on any atom is 0.227 e. The Hall–Kier alpha value is -3.04. The molecule has 0 saturated carbocycles. The number of carbonyl (C=O) groups excluding carboxylic acids is 1. The third-order valence-corrected chi connectivity index (χ3v) is 4.38. The molecule has 0 aliphatic rings. The number of aromatic hydroxyl groups is 2. The van der Waals surface area contributed by atoms with Crippen molar-refractivity contribution in [2.75, 3.05) is 27.9 Å². The number of phenolic OH excluding ortho intramolecular Hbond substituents is 1. The van der Waals surface area contributed by atoms with E-state index in [0.717, 1.165) is 6.07 Å². The van der Waals surface area contributed by atoms with E-state index in [4.69, 9.17) is 18.6 Å². The molecule has 0 fully saturated rings. The van der Waals surface area contributed by atoms with Crippen molar-refractivity contribution >= 4 is 5.91 Å². The number of phenols is 1. The highest BCUT2D eigenvalue weighted by molar-refractivity contribution is 5.77. The first-order valence-electron chi connectivity index (χ1n) is 8.83. The van der Waals surface area contributed by atoms with Crippen molar-refractivity contribution in [1.82, 2.24) is 5.32 Å². The number of amides is 1. The number of methoxy groups -OCH3 is 3. The van der Waals surface area contributed by atoms with Gasteiger partial charge >= 0.3 is 0 Å². The van der Waals surface area contributed by atoms with Crippen molar-refractivity contribution in [2.45, 2.75) is 25.6 Å². The molecule has 29 heavy (non-hydrogen) atoms. The van der Waals surface area contributed by atoms with E-state index in [0.29, 0.717) is 5.56 Å². The Balaban J connectivity index is 2.42. The summed E-state index contributed by atoms with van der Waals surface area (Å²) in [6, 6.07) is 5.64. The van der Waals surface area contributed by atoms with Crippen LogP contribution in [-0.4, -0.2) is 50.3 Å². The zero-order chi connectivity index (χ0) is 21.6. The lowest BCUT2D eigenvalue weighted by atomic mass is 9.91. The fraction of sp³-hybridized carbons (Fsp3) is 0.400. The smallest absolute Gasteiger partial charge is 0.227 e. The molecule has 0 aliphatic heterocycles. The fourth-order valence-corrected chi connectivity index (χ4v) is 2.85. The number of hydrogen-bond donors (Lipinski definition) is 3. The fourth-order valence-electron chi connectivity index (χ4n) is 2.85. The van der Waals surface area contributed by atoms with Gasteiger partial charge in [-0.15, -0.1) is 0 Å². The zero-order valence-corrected chi connectivity index (χ0v) is 16.7. The number of carbonyl (C=O) groups is 1. The quantitative estimate of drug-likeness (QED) is 0.535. The predicted octanol–water partition coefficient (Wildman–Crippen LogP) is 1.63. The number of ether oxygens (including phenoxy) is 3. The summed E-state index contributed by atoms with van der Waals surface area (Å²) in [6.07, 6.45) is -0.759. The molecular formula is C20H25NO8. The molecule has 1 atom stereocenters. The van der Waals surface area contributed by atoms with Gasteiger partial charge in [0, 0.05) is 26.7 Å². The molecule has 1 heterocycles. The van der Waals surface area contributed by atoms with Gasteiger partial charge < -0.3 is 34.2 Å². The minimum Gasteiger partial charge on any atom is -0.504 e. The topological polar surface area (TPSA) is 127 Å². The molecule has 0 aliphatic carbocycles. The van der Waals surface area contributed by atoms with Gasteiger partial charge in [-0.2, -0.15) is 0 Å². The number of benzene rings is 1. The molecule has 1 aromatic heterocycles. The van der Waals surface area contributed by atoms with Crippen LogP contribution >= 0.6 is 0 Å². The van der Waals surface area contributed by atoms with Crippen LogP contribution in [0.1, 0.15) is 29.4 Å². The minimum atomic E-state index is -0.805. The molecule has 0 spiro atoms. The summed E-state index contributed by atoms with van der Waals surface area (Å²) in [5.74, 6) is -1.43. The van der Waals surface area contributed by atoms with Gasteiger partial charge in [0.1, 0.15) is 5.76 Å². The second-order valence-corrected chi connectivity index (χ2v) is 6.33. The van der Waals surface area contributed by atoms with E-state index < -0.39 is 23.4 Å². The van der Waals surface area contributed by atoms with E-state index >= 15 is 0 Å². The lowest BCUT2D eigenvalue weighted by Gasteiger charge is -2.20. The van der Waals surface area contributed by atoms with Crippen LogP contribution in [0.25, 0.3) is 0 Å². The van der Waals surface area contributed by atoms with E-state index in [1.165, 1.54) is 33.5 Å². The van der Waals surface area contributed by atoms with Crippen molar-refractivity contribution in [3.05, 3.63) is 51.6 Å². The lowest BCUT2D eigenvalue weighted by Crippen LogP contribution is -2.35. The molecule has 1 amide bonds. The third-order valence-electron chi connectivity index (χ3n) is 4.38. The van der Waals surface area contributed by atoms with Crippen molar-refractivity contribution < 1.29 is 33.6 Å². The van der Waals surface area contributed by atoms with Gasteiger partial charge in [-0.25, -0.2) is 0 Å². The van der Waals surface area contributed by atoms with Crippen LogP contribution in [0.4, 0.5) is 0 Å². The van der Waals surface area contributed by atoms with Crippen LogP contribution < -0.4 is 15.5 Å². The summed E-state index contributed by atoms with van der Waals surface area (Å²) in [7, 11) is 4.29. The monoisotopic (exact) mass is 407 g/mol. The lowest BCUT2D eigenvalue weighted by molar-refractivity contribution is -0.127. The van der Waals surface area contributed by atoms with E-state index in [2.05, 4.69) is 5.32 Å². The third kappa shape index (κ3) is 5.49. The maximum absolute atomic E-state index is 12.5. The zero-order valence-electron chi connectivity index (χ0n) is 16.7. The minimum absolute atomic E-state index is 0.0482. The van der Waals surface area contributed by atoms with E-state index in [1.54, 1.807) is 13.0 Å². The van der Waals surface area contributed by atoms with Crippen LogP contribution in [0, 0.1) is 6.92 Å². The van der Waals surface area contributed by atoms with Crippen LogP contribution in [0.2, 0.25) is 0 Å². The molecule has 2 aromatic rings. The van der Waals surface area contributed by atoms with Crippen LogP contribution in [0.3, 0.4) is 0 Å². The molecule has 158 valence electrons. The highest BCUT2D eigenvalue weighted by Crippen LogP contribution is 2.37. The van der Waals surface area contributed by atoms with Gasteiger partial charge in [0.15, 0.2) is 23.5 Å². The molecule has 0 radical (unpaired) electrons. The maximum atomic E-state index is 12.5. The van der Waals surface area contributed by atoms with Crippen LogP contribution in [-0.2, 0) is 14.3 Å². The Morgan fingerprint density at radius 3 is 2.48 bits per heavy atom. The van der Waals surface area contributed by atoms with E-state index in [1.807, 2.05) is 0 Å². The summed E-state index contributed by atoms with van der Waals surface area (Å²) in [6.45, 7) is 1.68. The SMILES string of the molecule is COc1cc([C@@H](CC(=O)NCC(OC)OC)c2oc(C)cc(=O)c2O)ccc1O. The van der Waals surface area contributed by atoms with Gasteiger partial charge in [-0.05, 0) is 24.6 Å². The molecule has 0 unspecified atom stereocenters. The highest BCUT2D eigenvalue weighted by atomic mass is 16.7. The number of nitrogens with one attached hydrogen (secondary N) is 1. The van der Waals surface area contributed by atoms with Crippen LogP contribution in [0.5, 0.6) is 17.2 Å². The molecule has 0 bridgehead atoms. The molecule has 2 rings (SSSR count). The van der Waals surface area contributed by atoms with Crippen molar-refractivity contribution in [2.24, 2.45) is 0 Å². The largest absolute Gasteiger partial charge is 0.504 e. The summed E-state index contributed by atoms with van der Waals surface area (Å²) in [4.78, 5) is 24.6. The van der Waals surface area contributed by atoms with Gasteiger partial charge in [-0.3, -0.25) is 9.59 Å². The molecule has 0 saturated heterocycles. The first-order valence-corrected chi connectivity index (χ1v) is 8.83. The van der Waals surface area contributed by atoms with Crippen molar-refractivity contribution in [1.29, 1.82) is 0 Å². The Morgan fingerprint density at radius 1 is 1.17 bits per heavy atom. The van der Waals surface area contributed by atoms with Crippen molar-refractivity contribution in [3.8, 4) is 17.2 Å². The number of rotatable bonds is 9. The summed E-state index contributed by atoms with van der Waals surface area (Å²) < 4.78 is 20.8. The number of aryl methyl sites for hydroxylation is 1. The summed E-state index contributed by atoms with van der Waals surface area (Å²) >= 11 is 0. The Morgan fingerprint density at radius 2 is 1.86 bits per heavy atom. The van der Waals surface area contributed by atoms with Crippen LogP contribution in [0.15, 0.2) is 33.5 Å². The summed E-state index contributed by atoms with van der Waals surface area (Å²) in [5.41, 5.74) is -0.104. The average Bonchev–Trinajstić information content (AvgIpc) is 2.70. The van der Waals surface area contributed by atoms with Crippen molar-refractivity contribution in [3.63, 3.8) is 0 Å². The second-order valence-electron chi connectivity index (χ2n) is 6.33. The second kappa shape index (κ2) is 9.94. The average molecular weight is 407 g/mol. The standard InChI is InChI=1S/C20H25NO8/c1-11-7-15(23)19(25)20(29-11)13(9-17(24)21-10-18(27-3)28-4)12-5-6-14(22)16(8-12)26-2/h5-8,13,18,22,25H,9-10H2,1-4H3,(H,21,24)/t13-/m1/s1. The normalized spacial score (nSPS) is 12.0. The Bertz CT molecular complexity index is 904. The van der Waals surface area contributed by atoms with E-state index in [-0.39, 0.29) is 41.9 Å². The van der Waals surface area contributed by atoms with Gasteiger partial charge in [-0.1, -0.05) is 6.07 Å². The summed E-state index contributed by atoms with van der Waals surface area (Å²) in [5, 5.41) is 22.8. The highest BCUT2D eigenvalue weighted by Gasteiger charge is 2.27. The molecule has 1 aromatic carbocycles. The molecule has 9 heteroatoms. The molecule has 3 N–H and O–H groups in total. The van der Waals surface area contributed by atoms with E-state index in [9.17, 15) is 19.8 Å². The molecule has 9 nitrogen and oxygen atoms in total. The molecular weight excluding hydrogens is 382 g/mol. The predicted molar refractivity (Wildman–Crippen MR) is 103 cm³/mol. The first-order chi connectivity index (χ1) is 13.8. The number of hydrogen-bond acceptors (Lipinski definition) is 8. The Labute approximate surface area is 167 Å². The van der Waals surface area contributed by atoms with Gasteiger partial charge in [0.05, 0.1) is 19.6 Å².